The van der Waals surface area contributed by atoms with Gasteiger partial charge in [-0.15, -0.1) is 11.3 Å². The van der Waals surface area contributed by atoms with Crippen LogP contribution in [0.15, 0.2) is 57.8 Å². The van der Waals surface area contributed by atoms with Gasteiger partial charge in [-0.2, -0.15) is 4.99 Å². The van der Waals surface area contributed by atoms with Gasteiger partial charge in [0, 0.05) is 10.8 Å². The van der Waals surface area contributed by atoms with E-state index < -0.39 is 0 Å². The Kier molecular flexibility index (Phi) is 5.55. The zero-order valence-corrected chi connectivity index (χ0v) is 13.3. The molecule has 1 aromatic carbocycles. The Morgan fingerprint density at radius 3 is 2.41 bits per heavy atom. The van der Waals surface area contributed by atoms with Crippen LogP contribution in [0.5, 0.6) is 0 Å². The standard InChI is InChI=1S/C16H21N5S/c1-11(14-8-5-9-22-14)13(20-16(19)21-15(17)18)10-12-6-3-2-4-7-12/h2-9,11,13H,10H2,1H3,(H6,17,18,19,20,21). The molecule has 0 saturated heterocycles. The van der Waals surface area contributed by atoms with E-state index in [1.807, 2.05) is 24.3 Å². The van der Waals surface area contributed by atoms with Crippen molar-refractivity contribution in [3.63, 3.8) is 0 Å². The summed E-state index contributed by atoms with van der Waals surface area (Å²) in [4.78, 5) is 9.61. The molecule has 0 aliphatic heterocycles. The van der Waals surface area contributed by atoms with E-state index in [4.69, 9.17) is 17.2 Å². The van der Waals surface area contributed by atoms with Crippen LogP contribution in [0.3, 0.4) is 0 Å². The van der Waals surface area contributed by atoms with Crippen molar-refractivity contribution in [2.75, 3.05) is 0 Å². The lowest BCUT2D eigenvalue weighted by Gasteiger charge is -2.20. The van der Waals surface area contributed by atoms with E-state index in [0.717, 1.165) is 6.42 Å². The Balaban J connectivity index is 2.26. The highest BCUT2D eigenvalue weighted by molar-refractivity contribution is 7.10. The molecule has 2 aromatic rings. The number of thiophene rings is 1. The fourth-order valence-corrected chi connectivity index (χ4v) is 3.10. The van der Waals surface area contributed by atoms with E-state index in [9.17, 15) is 0 Å². The van der Waals surface area contributed by atoms with Crippen LogP contribution < -0.4 is 17.2 Å². The lowest BCUT2D eigenvalue weighted by Crippen LogP contribution is -2.28. The molecule has 22 heavy (non-hydrogen) atoms. The summed E-state index contributed by atoms with van der Waals surface area (Å²) in [6, 6.07) is 14.3. The monoisotopic (exact) mass is 315 g/mol. The first-order valence-electron chi connectivity index (χ1n) is 7.06. The van der Waals surface area contributed by atoms with Crippen LogP contribution in [-0.4, -0.2) is 18.0 Å². The van der Waals surface area contributed by atoms with Crippen LogP contribution in [-0.2, 0) is 6.42 Å². The van der Waals surface area contributed by atoms with Gasteiger partial charge in [-0.05, 0) is 23.4 Å². The summed E-state index contributed by atoms with van der Waals surface area (Å²) in [7, 11) is 0. The number of aliphatic imine (C=N–C) groups is 2. The predicted octanol–water partition coefficient (Wildman–Crippen LogP) is 2.05. The largest absolute Gasteiger partial charge is 0.370 e. The first kappa shape index (κ1) is 16.0. The fourth-order valence-electron chi connectivity index (χ4n) is 2.26. The van der Waals surface area contributed by atoms with Crippen molar-refractivity contribution in [3.05, 3.63) is 58.3 Å². The van der Waals surface area contributed by atoms with E-state index in [-0.39, 0.29) is 23.9 Å². The molecule has 0 fully saturated rings. The maximum atomic E-state index is 5.83. The third-order valence-corrected chi connectivity index (χ3v) is 4.47. The lowest BCUT2D eigenvalue weighted by molar-refractivity contribution is 0.572. The zero-order valence-electron chi connectivity index (χ0n) is 12.5. The highest BCUT2D eigenvalue weighted by Crippen LogP contribution is 2.28. The molecule has 0 saturated carbocycles. The second-order valence-corrected chi connectivity index (χ2v) is 6.06. The quantitative estimate of drug-likeness (QED) is 0.581. The van der Waals surface area contributed by atoms with Crippen LogP contribution in [0.2, 0.25) is 0 Å². The van der Waals surface area contributed by atoms with Crippen molar-refractivity contribution < 1.29 is 0 Å². The van der Waals surface area contributed by atoms with Gasteiger partial charge in [-0.3, -0.25) is 0 Å². The van der Waals surface area contributed by atoms with Crippen molar-refractivity contribution in [1.82, 2.24) is 0 Å². The van der Waals surface area contributed by atoms with Gasteiger partial charge >= 0.3 is 0 Å². The number of hydrogen-bond acceptors (Lipinski definition) is 2. The molecule has 0 aliphatic rings. The summed E-state index contributed by atoms with van der Waals surface area (Å²) < 4.78 is 0. The van der Waals surface area contributed by atoms with Crippen LogP contribution >= 0.6 is 11.3 Å². The number of guanidine groups is 2. The average Bonchev–Trinajstić information content (AvgIpc) is 3.00. The summed E-state index contributed by atoms with van der Waals surface area (Å²) in [5.74, 6) is 0.265. The molecule has 1 aromatic heterocycles. The van der Waals surface area contributed by atoms with E-state index in [2.05, 4.69) is 40.5 Å². The Labute approximate surface area is 134 Å². The predicted molar refractivity (Wildman–Crippen MR) is 94.1 cm³/mol. The highest BCUT2D eigenvalue weighted by atomic mass is 32.1. The van der Waals surface area contributed by atoms with Gasteiger partial charge in [-0.1, -0.05) is 43.3 Å². The topological polar surface area (TPSA) is 103 Å². The second kappa shape index (κ2) is 7.61. The Morgan fingerprint density at radius 1 is 1.09 bits per heavy atom. The van der Waals surface area contributed by atoms with E-state index in [1.165, 1.54) is 10.4 Å². The first-order chi connectivity index (χ1) is 10.6. The van der Waals surface area contributed by atoms with Gasteiger partial charge in [0.05, 0.1) is 6.04 Å². The lowest BCUT2D eigenvalue weighted by atomic mass is 9.94. The van der Waals surface area contributed by atoms with Gasteiger partial charge in [0.25, 0.3) is 0 Å². The SMILES string of the molecule is CC(c1cccs1)C(Cc1ccccc1)N=C(N)N=C(N)N. The Hall–Kier alpha value is -2.34. The molecule has 0 bridgehead atoms. The molecular formula is C16H21N5S. The summed E-state index contributed by atoms with van der Waals surface area (Å²) in [5.41, 5.74) is 17.8. The number of rotatable bonds is 5. The van der Waals surface area contributed by atoms with Gasteiger partial charge in [0.1, 0.15) is 0 Å². The maximum absolute atomic E-state index is 5.83. The second-order valence-electron chi connectivity index (χ2n) is 5.09. The molecule has 1 heterocycles. The van der Waals surface area contributed by atoms with Crippen molar-refractivity contribution in [1.29, 1.82) is 0 Å². The van der Waals surface area contributed by atoms with E-state index >= 15 is 0 Å². The van der Waals surface area contributed by atoms with E-state index in [0.29, 0.717) is 0 Å². The fraction of sp³-hybridized carbons (Fsp3) is 0.250. The minimum absolute atomic E-state index is 0.0239. The normalized spacial score (nSPS) is 14.3. The maximum Gasteiger partial charge on any atom is 0.218 e. The first-order valence-corrected chi connectivity index (χ1v) is 7.94. The minimum Gasteiger partial charge on any atom is -0.370 e. The summed E-state index contributed by atoms with van der Waals surface area (Å²) in [5, 5.41) is 2.06. The van der Waals surface area contributed by atoms with Crippen LogP contribution in [0.1, 0.15) is 23.3 Å². The summed E-state index contributed by atoms with van der Waals surface area (Å²) >= 11 is 1.72. The molecule has 0 aliphatic carbocycles. The van der Waals surface area contributed by atoms with Gasteiger partial charge in [-0.25, -0.2) is 4.99 Å². The van der Waals surface area contributed by atoms with Crippen molar-refractivity contribution in [2.24, 2.45) is 27.2 Å². The molecule has 0 radical (unpaired) electrons. The Morgan fingerprint density at radius 2 is 1.82 bits per heavy atom. The zero-order chi connectivity index (χ0) is 15.9. The molecule has 0 spiro atoms. The molecule has 2 atom stereocenters. The minimum atomic E-state index is -0.0801. The van der Waals surface area contributed by atoms with Crippen LogP contribution in [0.4, 0.5) is 0 Å². The third-order valence-electron chi connectivity index (χ3n) is 3.40. The molecular weight excluding hydrogens is 294 g/mol. The number of benzene rings is 1. The average molecular weight is 315 g/mol. The van der Waals surface area contributed by atoms with Crippen LogP contribution in [0.25, 0.3) is 0 Å². The van der Waals surface area contributed by atoms with Crippen molar-refractivity contribution in [3.8, 4) is 0 Å². The third kappa shape index (κ3) is 4.60. The molecule has 2 rings (SSSR count). The molecule has 6 N–H and O–H groups in total. The van der Waals surface area contributed by atoms with Gasteiger partial charge < -0.3 is 17.2 Å². The molecule has 116 valence electrons. The molecule has 5 nitrogen and oxygen atoms in total. The smallest absolute Gasteiger partial charge is 0.218 e. The summed E-state index contributed by atoms with van der Waals surface area (Å²) in [6.45, 7) is 2.14. The molecule has 6 heteroatoms. The van der Waals surface area contributed by atoms with Crippen molar-refractivity contribution >= 4 is 23.3 Å². The van der Waals surface area contributed by atoms with Gasteiger partial charge in [0.15, 0.2) is 5.96 Å². The Bertz CT molecular complexity index is 630. The molecule has 2 unspecified atom stereocenters. The van der Waals surface area contributed by atoms with Crippen molar-refractivity contribution in [2.45, 2.75) is 25.3 Å². The van der Waals surface area contributed by atoms with Gasteiger partial charge in [0.2, 0.25) is 5.96 Å². The summed E-state index contributed by atoms with van der Waals surface area (Å²) in [6.07, 6.45) is 0.778. The number of nitrogens with two attached hydrogens (primary N) is 3. The number of nitrogens with zero attached hydrogens (tertiary/aromatic N) is 2. The van der Waals surface area contributed by atoms with Crippen LogP contribution in [0, 0.1) is 0 Å². The van der Waals surface area contributed by atoms with E-state index in [1.54, 1.807) is 11.3 Å². The molecule has 0 amide bonds. The highest BCUT2D eigenvalue weighted by Gasteiger charge is 2.20. The number of hydrogen-bond donors (Lipinski definition) is 3.